The number of likely N-dealkylation sites (tertiary alicyclic amines) is 1. The first-order valence-corrected chi connectivity index (χ1v) is 11.1. The van der Waals surface area contributed by atoms with Gasteiger partial charge in [-0.2, -0.15) is 0 Å². The van der Waals surface area contributed by atoms with E-state index in [2.05, 4.69) is 76.1 Å². The smallest absolute Gasteiger partial charge is 0.105 e. The monoisotopic (exact) mass is 374 g/mol. The zero-order chi connectivity index (χ0) is 20.0. The van der Waals surface area contributed by atoms with E-state index in [9.17, 15) is 5.11 Å². The molecule has 0 amide bonds. The van der Waals surface area contributed by atoms with Crippen LogP contribution in [0.4, 0.5) is 0 Å². The van der Waals surface area contributed by atoms with Crippen molar-refractivity contribution in [3.8, 4) is 0 Å². The van der Waals surface area contributed by atoms with E-state index >= 15 is 0 Å². The number of hydrogen-bond acceptors (Lipinski definition) is 3. The van der Waals surface area contributed by atoms with Crippen LogP contribution in [-0.4, -0.2) is 40.4 Å². The summed E-state index contributed by atoms with van der Waals surface area (Å²) in [5, 5.41) is 14.2. The summed E-state index contributed by atoms with van der Waals surface area (Å²) in [4.78, 5) is 2.71. The van der Waals surface area contributed by atoms with Gasteiger partial charge in [-0.25, -0.2) is 0 Å². The lowest BCUT2D eigenvalue weighted by atomic mass is 9.87. The predicted octanol–water partition coefficient (Wildman–Crippen LogP) is 5.18. The Labute approximate surface area is 167 Å². The van der Waals surface area contributed by atoms with Gasteiger partial charge in [-0.05, 0) is 72.1 Å². The van der Waals surface area contributed by atoms with Gasteiger partial charge < -0.3 is 5.11 Å². The Morgan fingerprint density at radius 1 is 1.37 bits per heavy atom. The summed E-state index contributed by atoms with van der Waals surface area (Å²) in [6.07, 6.45) is 14.9. The van der Waals surface area contributed by atoms with E-state index in [1.807, 2.05) is 0 Å². The van der Waals surface area contributed by atoms with Crippen molar-refractivity contribution in [1.29, 1.82) is 0 Å². The van der Waals surface area contributed by atoms with Crippen LogP contribution in [-0.2, 0) is 0 Å². The molecule has 27 heavy (non-hydrogen) atoms. The Kier molecular flexibility index (Phi) is 8.78. The molecule has 2 rings (SSSR count). The van der Waals surface area contributed by atoms with Crippen molar-refractivity contribution in [3.63, 3.8) is 0 Å². The van der Waals surface area contributed by atoms with Crippen LogP contribution in [0.5, 0.6) is 0 Å². The number of hydrogen-bond donors (Lipinski definition) is 2. The molecule has 3 heteroatoms. The third-order valence-corrected chi connectivity index (χ3v) is 6.52. The lowest BCUT2D eigenvalue weighted by molar-refractivity contribution is 0.0233. The van der Waals surface area contributed by atoms with Gasteiger partial charge in [0, 0.05) is 24.2 Å². The highest BCUT2D eigenvalue weighted by Gasteiger charge is 2.36. The third-order valence-electron chi connectivity index (χ3n) is 6.52. The topological polar surface area (TPSA) is 35.5 Å². The minimum absolute atomic E-state index is 0.406. The van der Waals surface area contributed by atoms with E-state index in [-0.39, 0.29) is 0 Å². The molecule has 154 valence electrons. The van der Waals surface area contributed by atoms with E-state index in [4.69, 9.17) is 0 Å². The number of aliphatic hydroxyl groups excluding tert-OH is 1. The Morgan fingerprint density at radius 2 is 2.11 bits per heavy atom. The molecule has 1 saturated heterocycles. The summed E-state index contributed by atoms with van der Waals surface area (Å²) in [5.74, 6) is 0.457. The van der Waals surface area contributed by atoms with Crippen molar-refractivity contribution in [2.45, 2.75) is 110 Å². The average molecular weight is 375 g/mol. The zero-order valence-corrected chi connectivity index (χ0v) is 18.4. The van der Waals surface area contributed by atoms with Gasteiger partial charge in [0.1, 0.15) is 6.23 Å². The van der Waals surface area contributed by atoms with Gasteiger partial charge >= 0.3 is 0 Å². The molecule has 0 aromatic rings. The maximum atomic E-state index is 10.6. The fraction of sp³-hybridized carbons (Fsp3) is 0.750. The lowest BCUT2D eigenvalue weighted by Gasteiger charge is -2.48. The van der Waals surface area contributed by atoms with Crippen LogP contribution in [0.3, 0.4) is 0 Å². The maximum Gasteiger partial charge on any atom is 0.105 e. The Bertz CT molecular complexity index is 551. The van der Waals surface area contributed by atoms with E-state index in [0.717, 1.165) is 38.5 Å². The maximum absolute atomic E-state index is 10.6. The molecule has 1 heterocycles. The predicted molar refractivity (Wildman–Crippen MR) is 117 cm³/mol. The summed E-state index contributed by atoms with van der Waals surface area (Å²) in [6, 6.07) is 2.01. The lowest BCUT2D eigenvalue weighted by Crippen LogP contribution is -2.57. The van der Waals surface area contributed by atoms with Gasteiger partial charge in [-0.15, -0.1) is 0 Å². The largest absolute Gasteiger partial charge is 0.379 e. The van der Waals surface area contributed by atoms with Gasteiger partial charge in [0.2, 0.25) is 0 Å². The second-order valence-electron chi connectivity index (χ2n) is 8.84. The SMILES string of the molecule is CC/C=C(\C)C(C)N1C(C)CC(NC(O)CC2C=CC=C(C)C2)CC1CC. The molecule has 2 N–H and O–H groups in total. The number of allylic oxidation sites excluding steroid dienone is 5. The molecule has 2 aliphatic rings. The molecule has 3 nitrogen and oxygen atoms in total. The first-order chi connectivity index (χ1) is 12.8. The third kappa shape index (κ3) is 6.30. The molecule has 1 fully saturated rings. The molecular weight excluding hydrogens is 332 g/mol. The first-order valence-electron chi connectivity index (χ1n) is 11.1. The van der Waals surface area contributed by atoms with Crippen LogP contribution in [0.1, 0.15) is 80.1 Å². The second-order valence-corrected chi connectivity index (χ2v) is 8.84. The van der Waals surface area contributed by atoms with Gasteiger partial charge in [0.05, 0.1) is 0 Å². The standard InChI is InChI=1S/C24H42N2O/c1-7-10-18(4)20(6)26-19(5)14-22(16-23(26)8-2)25-24(27)15-21-12-9-11-17(3)13-21/h9-12,19-25,27H,7-8,13-16H2,1-6H3/b18-10+. The van der Waals surface area contributed by atoms with Crippen molar-refractivity contribution in [1.82, 2.24) is 10.2 Å². The Morgan fingerprint density at radius 3 is 2.74 bits per heavy atom. The minimum atomic E-state index is -0.411. The summed E-state index contributed by atoms with van der Waals surface area (Å²) in [7, 11) is 0. The van der Waals surface area contributed by atoms with Gasteiger partial charge in [0.25, 0.3) is 0 Å². The Hall–Kier alpha value is -0.900. The fourth-order valence-corrected chi connectivity index (χ4v) is 5.09. The van der Waals surface area contributed by atoms with Crippen LogP contribution < -0.4 is 5.32 Å². The Balaban J connectivity index is 1.93. The average Bonchev–Trinajstić information content (AvgIpc) is 2.60. The van der Waals surface area contributed by atoms with Crippen LogP contribution in [0.2, 0.25) is 0 Å². The summed E-state index contributed by atoms with van der Waals surface area (Å²) in [6.45, 7) is 13.7. The van der Waals surface area contributed by atoms with Crippen molar-refractivity contribution in [2.24, 2.45) is 5.92 Å². The first kappa shape index (κ1) is 22.4. The van der Waals surface area contributed by atoms with Gasteiger partial charge in [0.15, 0.2) is 0 Å². The van der Waals surface area contributed by atoms with Crippen LogP contribution in [0, 0.1) is 5.92 Å². The quantitative estimate of drug-likeness (QED) is 0.454. The normalized spacial score (nSPS) is 32.3. The molecule has 1 aliphatic heterocycles. The van der Waals surface area contributed by atoms with E-state index < -0.39 is 6.23 Å². The number of nitrogens with one attached hydrogen (secondary N) is 1. The number of piperidine rings is 1. The van der Waals surface area contributed by atoms with Crippen molar-refractivity contribution >= 4 is 0 Å². The molecule has 1 aliphatic carbocycles. The number of aliphatic hydroxyl groups is 1. The fourth-order valence-electron chi connectivity index (χ4n) is 5.09. The molecule has 0 spiro atoms. The van der Waals surface area contributed by atoms with Crippen molar-refractivity contribution in [2.75, 3.05) is 0 Å². The van der Waals surface area contributed by atoms with Crippen molar-refractivity contribution in [3.05, 3.63) is 35.5 Å². The highest BCUT2D eigenvalue weighted by molar-refractivity contribution is 5.18. The zero-order valence-electron chi connectivity index (χ0n) is 18.4. The molecule has 0 aromatic heterocycles. The molecule has 6 atom stereocenters. The van der Waals surface area contributed by atoms with E-state index in [1.165, 1.54) is 11.1 Å². The number of rotatable bonds is 8. The van der Waals surface area contributed by atoms with Crippen LogP contribution >= 0.6 is 0 Å². The molecule has 6 unspecified atom stereocenters. The van der Waals surface area contributed by atoms with E-state index in [0.29, 0.717) is 30.1 Å². The summed E-state index contributed by atoms with van der Waals surface area (Å²) >= 11 is 0. The minimum Gasteiger partial charge on any atom is -0.379 e. The van der Waals surface area contributed by atoms with E-state index in [1.54, 1.807) is 0 Å². The van der Waals surface area contributed by atoms with Crippen molar-refractivity contribution < 1.29 is 5.11 Å². The molecule has 0 radical (unpaired) electrons. The summed E-state index contributed by atoms with van der Waals surface area (Å²) < 4.78 is 0. The molecule has 0 bridgehead atoms. The molecule has 0 aromatic carbocycles. The highest BCUT2D eigenvalue weighted by Crippen LogP contribution is 2.30. The summed E-state index contributed by atoms with van der Waals surface area (Å²) in [5.41, 5.74) is 2.90. The number of nitrogens with zero attached hydrogens (tertiary/aromatic N) is 1. The van der Waals surface area contributed by atoms with Crippen LogP contribution in [0.25, 0.3) is 0 Å². The molecule has 0 saturated carbocycles. The van der Waals surface area contributed by atoms with Gasteiger partial charge in [-0.3, -0.25) is 10.2 Å². The highest BCUT2D eigenvalue weighted by atomic mass is 16.3. The van der Waals surface area contributed by atoms with Gasteiger partial charge in [-0.1, -0.05) is 49.3 Å². The molecular formula is C24H42N2O. The van der Waals surface area contributed by atoms with Crippen LogP contribution in [0.15, 0.2) is 35.5 Å². The second kappa shape index (κ2) is 10.6.